The maximum atomic E-state index is 12.0. The third-order valence-electron chi connectivity index (χ3n) is 10.1. The zero-order valence-corrected chi connectivity index (χ0v) is 31.9. The van der Waals surface area contributed by atoms with E-state index in [0.29, 0.717) is 92.3 Å². The molecular weight excluding hydrogens is 719 g/mol. The summed E-state index contributed by atoms with van der Waals surface area (Å²) in [6.45, 7) is 3.84. The fourth-order valence-electron chi connectivity index (χ4n) is 7.62. The molecule has 2 aromatic carbocycles. The molecule has 0 fully saturated rings. The van der Waals surface area contributed by atoms with E-state index in [1.807, 2.05) is 13.8 Å². The van der Waals surface area contributed by atoms with Gasteiger partial charge in [-0.15, -0.1) is 34.8 Å². The van der Waals surface area contributed by atoms with Gasteiger partial charge in [0, 0.05) is 28.1 Å². The van der Waals surface area contributed by atoms with Crippen LogP contribution in [0.5, 0.6) is 23.0 Å². The number of unbranched alkanes of at least 4 members (excludes halogenated alkanes) is 1. The number of nitrogens with two attached hydrogens (primary N) is 2. The van der Waals surface area contributed by atoms with Gasteiger partial charge in [-0.05, 0) is 99.3 Å². The minimum absolute atomic E-state index is 0.0711. The van der Waals surface area contributed by atoms with Crippen LogP contribution in [0.4, 0.5) is 9.59 Å². The fraction of sp³-hybridized carbons (Fsp3) is 0.632. The molecule has 0 heterocycles. The van der Waals surface area contributed by atoms with E-state index in [1.165, 1.54) is 0 Å². The third kappa shape index (κ3) is 12.9. The van der Waals surface area contributed by atoms with Crippen LogP contribution in [-0.2, 0) is 9.47 Å². The number of rotatable bonds is 10. The highest BCUT2D eigenvalue weighted by molar-refractivity contribution is 6.44. The summed E-state index contributed by atoms with van der Waals surface area (Å²) in [4.78, 5) is 23.5. The number of aromatic hydroxyl groups is 4. The van der Waals surface area contributed by atoms with Crippen LogP contribution in [0.15, 0.2) is 24.3 Å². The monoisotopic (exact) mass is 772 g/mol. The predicted octanol–water partition coefficient (Wildman–Crippen LogP) is 10.4. The number of carbonyl (C=O) groups excluding carboxylic acids is 2. The minimum Gasteiger partial charge on any atom is -0.508 e. The van der Waals surface area contributed by atoms with E-state index in [1.54, 1.807) is 24.3 Å². The van der Waals surface area contributed by atoms with Crippen LogP contribution in [0.2, 0.25) is 0 Å². The van der Waals surface area contributed by atoms with Gasteiger partial charge in [0.25, 0.3) is 0 Å². The molecule has 4 aliphatic rings. The molecule has 0 spiro atoms. The van der Waals surface area contributed by atoms with E-state index in [2.05, 4.69) is 0 Å². The standard InChI is InChI=1S/C38H55Cl3N2O8/c1-22-10-3-5-12-24(14-7-8-17-39)33-28(44)18-26(19-29(33)45)35(50-37(42)48)23(2)11-4-6-13-25(15-9-16-32(40)41)34-30(46)20-27(21-31(34)47)36(22)51-38(43)49/h18-25,32,35-36,44-47H,3-17H2,1-2H3,(H2,42,48)(H2,43,49)/t22-,23-,24+,25+,35+,36+/m0/s1. The number of phenolic OH excluding ortho intramolecular Hbond substituents is 4. The highest BCUT2D eigenvalue weighted by Crippen LogP contribution is 2.46. The zero-order chi connectivity index (χ0) is 37.7. The van der Waals surface area contributed by atoms with Crippen molar-refractivity contribution in [2.45, 2.75) is 133 Å². The smallest absolute Gasteiger partial charge is 0.405 e. The lowest BCUT2D eigenvalue weighted by atomic mass is 9.83. The van der Waals surface area contributed by atoms with Crippen molar-refractivity contribution in [3.63, 3.8) is 0 Å². The second kappa shape index (κ2) is 20.9. The number of amides is 2. The highest BCUT2D eigenvalue weighted by Gasteiger charge is 2.30. The Kier molecular flexibility index (Phi) is 17.4. The van der Waals surface area contributed by atoms with Gasteiger partial charge in [-0.3, -0.25) is 0 Å². The number of benzene rings is 2. The molecule has 2 amide bonds. The summed E-state index contributed by atoms with van der Waals surface area (Å²) in [6.07, 6.45) is 5.91. The van der Waals surface area contributed by atoms with Gasteiger partial charge in [-0.1, -0.05) is 52.4 Å². The van der Waals surface area contributed by atoms with Crippen molar-refractivity contribution in [2.24, 2.45) is 23.3 Å². The molecule has 51 heavy (non-hydrogen) atoms. The number of halogens is 3. The van der Waals surface area contributed by atoms with E-state index >= 15 is 0 Å². The lowest BCUT2D eigenvalue weighted by molar-refractivity contribution is 0.0683. The Hall–Kier alpha value is -2.95. The molecule has 2 aromatic rings. The second-order valence-corrected chi connectivity index (χ2v) is 15.7. The van der Waals surface area contributed by atoms with E-state index in [0.717, 1.165) is 25.7 Å². The molecular formula is C38H55Cl3N2O8. The topological polar surface area (TPSA) is 186 Å². The molecule has 0 unspecified atom stereocenters. The average Bonchev–Trinajstić information content (AvgIpc) is 3.04. The largest absolute Gasteiger partial charge is 0.508 e. The molecule has 10 nitrogen and oxygen atoms in total. The van der Waals surface area contributed by atoms with Crippen LogP contribution in [0.3, 0.4) is 0 Å². The number of ether oxygens (including phenoxy) is 2. The Balaban J connectivity index is 2.04. The van der Waals surface area contributed by atoms with E-state index in [-0.39, 0.29) is 46.7 Å². The number of primary amides is 2. The first-order valence-corrected chi connectivity index (χ1v) is 19.5. The van der Waals surface area contributed by atoms with Crippen molar-refractivity contribution in [1.29, 1.82) is 0 Å². The molecule has 0 aromatic heterocycles. The van der Waals surface area contributed by atoms with Gasteiger partial charge in [0.15, 0.2) is 0 Å². The quantitative estimate of drug-likeness (QED) is 0.102. The summed E-state index contributed by atoms with van der Waals surface area (Å²) in [7, 11) is 0. The molecule has 4 aliphatic carbocycles. The number of alkyl halides is 3. The number of phenols is 4. The molecule has 0 saturated heterocycles. The fourth-order valence-corrected chi connectivity index (χ4v) is 8.11. The number of hydrogen-bond donors (Lipinski definition) is 6. The van der Waals surface area contributed by atoms with Crippen LogP contribution in [-0.4, -0.2) is 43.3 Å². The summed E-state index contributed by atoms with van der Waals surface area (Å²) >= 11 is 18.0. The van der Waals surface area contributed by atoms with Crippen LogP contribution >= 0.6 is 34.8 Å². The average molecular weight is 774 g/mol. The van der Waals surface area contributed by atoms with Gasteiger partial charge in [0.05, 0.1) is 0 Å². The molecule has 13 heteroatoms. The Morgan fingerprint density at radius 2 is 1.06 bits per heavy atom. The van der Waals surface area contributed by atoms with Gasteiger partial charge in [0.1, 0.15) is 40.0 Å². The lowest BCUT2D eigenvalue weighted by Crippen LogP contribution is -2.22. The van der Waals surface area contributed by atoms with Crippen molar-refractivity contribution in [1.82, 2.24) is 0 Å². The second-order valence-electron chi connectivity index (χ2n) is 14.1. The molecule has 8 N–H and O–H groups in total. The molecule has 6 rings (SSSR count). The lowest BCUT2D eigenvalue weighted by Gasteiger charge is -2.28. The van der Waals surface area contributed by atoms with Crippen LogP contribution in [0.25, 0.3) is 0 Å². The molecule has 4 bridgehead atoms. The van der Waals surface area contributed by atoms with Gasteiger partial charge in [-0.25, -0.2) is 9.59 Å². The number of hydrogen-bond acceptors (Lipinski definition) is 8. The summed E-state index contributed by atoms with van der Waals surface area (Å²) in [5.41, 5.74) is 12.7. The first-order valence-electron chi connectivity index (χ1n) is 18.1. The minimum atomic E-state index is -0.961. The third-order valence-corrected chi connectivity index (χ3v) is 10.8. The highest BCUT2D eigenvalue weighted by atomic mass is 35.5. The van der Waals surface area contributed by atoms with Gasteiger partial charge in [0.2, 0.25) is 0 Å². The Labute approximate surface area is 316 Å². The van der Waals surface area contributed by atoms with Crippen LogP contribution in [0, 0.1) is 11.8 Å². The maximum Gasteiger partial charge on any atom is 0.405 e. The van der Waals surface area contributed by atoms with Crippen molar-refractivity contribution in [3.05, 3.63) is 46.5 Å². The van der Waals surface area contributed by atoms with Crippen LogP contribution < -0.4 is 11.5 Å². The Morgan fingerprint density at radius 3 is 1.41 bits per heavy atom. The Bertz CT molecular complexity index is 1380. The van der Waals surface area contributed by atoms with Crippen LogP contribution in [0.1, 0.15) is 150 Å². The van der Waals surface area contributed by atoms with Gasteiger partial charge in [-0.2, -0.15) is 0 Å². The van der Waals surface area contributed by atoms with Crippen molar-refractivity contribution in [3.8, 4) is 23.0 Å². The summed E-state index contributed by atoms with van der Waals surface area (Å²) < 4.78 is 11.1. The number of carbonyl (C=O) groups is 2. The van der Waals surface area contributed by atoms with Crippen molar-refractivity contribution >= 4 is 47.0 Å². The first-order chi connectivity index (χ1) is 24.2. The SMILES string of the molecule is C[C@H]1CCCC[C@H](CCCCCl)c2c(O)cc(cc2O)[C@H](OC(N)=O)[C@@H](C)CCCC[C@H](CCCC(Cl)Cl)c2c(O)cc(cc2O)[C@@H]1OC(N)=O. The first kappa shape index (κ1) is 42.5. The molecule has 0 radical (unpaired) electrons. The molecule has 0 saturated carbocycles. The predicted molar refractivity (Wildman–Crippen MR) is 201 cm³/mol. The molecule has 286 valence electrons. The summed E-state index contributed by atoms with van der Waals surface area (Å²) in [5, 5.41) is 45.3. The normalized spacial score (nSPS) is 23.7. The molecule has 6 atom stereocenters. The van der Waals surface area contributed by atoms with Gasteiger partial charge < -0.3 is 41.4 Å². The zero-order valence-electron chi connectivity index (χ0n) is 29.7. The van der Waals surface area contributed by atoms with Crippen molar-refractivity contribution < 1.29 is 39.5 Å². The summed E-state index contributed by atoms with van der Waals surface area (Å²) in [6, 6.07) is 6.19. The van der Waals surface area contributed by atoms with Gasteiger partial charge >= 0.3 is 12.2 Å². The van der Waals surface area contributed by atoms with Crippen molar-refractivity contribution in [2.75, 3.05) is 5.88 Å². The summed E-state index contributed by atoms with van der Waals surface area (Å²) in [5.74, 6) is -0.684. The van der Waals surface area contributed by atoms with E-state index in [4.69, 9.17) is 55.7 Å². The Morgan fingerprint density at radius 1 is 0.686 bits per heavy atom. The van der Waals surface area contributed by atoms with E-state index < -0.39 is 29.2 Å². The molecule has 0 aliphatic heterocycles. The van der Waals surface area contributed by atoms with E-state index in [9.17, 15) is 30.0 Å². The maximum absolute atomic E-state index is 12.0.